The molecule has 2 aromatic heterocycles. The average Bonchev–Trinajstić information content (AvgIpc) is 3.51. The SMILES string of the molecule is CNOCc1ccc(-c2ccc([C@H](c3cccc(F)c3)C(C)(C)C(=O)Nc3nncs3)s2)cc1. The first kappa shape index (κ1) is 24.2. The number of hydroxylamine groups is 1. The predicted molar refractivity (Wildman–Crippen MR) is 134 cm³/mol. The van der Waals surface area contributed by atoms with Crippen LogP contribution in [-0.2, 0) is 16.2 Å². The Balaban J connectivity index is 1.67. The van der Waals surface area contributed by atoms with Crippen LogP contribution in [0.2, 0.25) is 0 Å². The molecule has 176 valence electrons. The van der Waals surface area contributed by atoms with Crippen molar-refractivity contribution in [2.75, 3.05) is 12.4 Å². The molecule has 2 heterocycles. The summed E-state index contributed by atoms with van der Waals surface area (Å²) in [5.74, 6) is -0.903. The number of hydrogen-bond donors (Lipinski definition) is 2. The minimum absolute atomic E-state index is 0.206. The smallest absolute Gasteiger partial charge is 0.232 e. The molecule has 0 saturated carbocycles. The Kier molecular flexibility index (Phi) is 7.47. The standard InChI is InChI=1S/C25H25FN4O2S2/c1-25(2,23(31)29-24-30-28-15-33-24)22(18-5-4-6-19(26)13-18)21-12-11-20(34-21)17-9-7-16(8-10-17)14-32-27-3/h4-13,15,22,27H,14H2,1-3H3,(H,29,30,31)/t22-/m0/s1. The Hall–Kier alpha value is -2.98. The first-order valence-corrected chi connectivity index (χ1v) is 12.4. The van der Waals surface area contributed by atoms with Gasteiger partial charge in [0.1, 0.15) is 11.3 Å². The molecule has 0 fully saturated rings. The molecule has 9 heteroatoms. The number of hydrogen-bond acceptors (Lipinski definition) is 7. The summed E-state index contributed by atoms with van der Waals surface area (Å²) in [7, 11) is 1.73. The summed E-state index contributed by atoms with van der Waals surface area (Å²) in [5, 5.41) is 11.0. The van der Waals surface area contributed by atoms with Crippen LogP contribution in [0.25, 0.3) is 10.4 Å². The number of anilines is 1. The topological polar surface area (TPSA) is 76.1 Å². The fraction of sp³-hybridized carbons (Fsp3) is 0.240. The highest BCUT2D eigenvalue weighted by atomic mass is 32.1. The molecule has 0 unspecified atom stereocenters. The van der Waals surface area contributed by atoms with Crippen molar-refractivity contribution >= 4 is 33.7 Å². The molecule has 6 nitrogen and oxygen atoms in total. The van der Waals surface area contributed by atoms with E-state index in [-0.39, 0.29) is 17.6 Å². The fourth-order valence-corrected chi connectivity index (χ4v) is 5.59. The molecule has 0 aliphatic carbocycles. The second kappa shape index (κ2) is 10.5. The maximum Gasteiger partial charge on any atom is 0.232 e. The van der Waals surface area contributed by atoms with Gasteiger partial charge in [0, 0.05) is 22.7 Å². The third-order valence-electron chi connectivity index (χ3n) is 5.60. The Labute approximate surface area is 205 Å². The number of carbonyl (C=O) groups excluding carboxylic acids is 1. The van der Waals surface area contributed by atoms with Gasteiger partial charge in [-0.15, -0.1) is 21.5 Å². The van der Waals surface area contributed by atoms with E-state index in [1.54, 1.807) is 30.0 Å². The van der Waals surface area contributed by atoms with E-state index in [0.29, 0.717) is 11.7 Å². The van der Waals surface area contributed by atoms with Crippen LogP contribution in [0.1, 0.15) is 35.8 Å². The Morgan fingerprint density at radius 1 is 1.15 bits per heavy atom. The van der Waals surface area contributed by atoms with E-state index in [2.05, 4.69) is 33.1 Å². The van der Waals surface area contributed by atoms with E-state index in [1.165, 1.54) is 23.5 Å². The normalized spacial score (nSPS) is 12.5. The third kappa shape index (κ3) is 5.39. The van der Waals surface area contributed by atoms with E-state index >= 15 is 0 Å². The largest absolute Gasteiger partial charge is 0.300 e. The molecule has 0 aliphatic rings. The van der Waals surface area contributed by atoms with E-state index in [4.69, 9.17) is 4.84 Å². The van der Waals surface area contributed by atoms with Gasteiger partial charge in [0.15, 0.2) is 0 Å². The number of nitrogens with zero attached hydrogens (tertiary/aromatic N) is 2. The second-order valence-corrected chi connectivity index (χ2v) is 10.2. The summed E-state index contributed by atoms with van der Waals surface area (Å²) in [5.41, 5.74) is 6.21. The van der Waals surface area contributed by atoms with Gasteiger partial charge in [-0.25, -0.2) is 9.87 Å². The van der Waals surface area contributed by atoms with Crippen molar-refractivity contribution in [2.45, 2.75) is 26.4 Å². The summed E-state index contributed by atoms with van der Waals surface area (Å²) >= 11 is 2.86. The van der Waals surface area contributed by atoms with Gasteiger partial charge in [-0.2, -0.15) is 0 Å². The van der Waals surface area contributed by atoms with Gasteiger partial charge in [0.2, 0.25) is 11.0 Å². The van der Waals surface area contributed by atoms with Gasteiger partial charge in [-0.3, -0.25) is 9.63 Å². The van der Waals surface area contributed by atoms with E-state index in [0.717, 1.165) is 26.4 Å². The maximum atomic E-state index is 14.2. The zero-order valence-electron chi connectivity index (χ0n) is 19.0. The van der Waals surface area contributed by atoms with Gasteiger partial charge < -0.3 is 5.32 Å². The lowest BCUT2D eigenvalue weighted by atomic mass is 9.73. The Morgan fingerprint density at radius 3 is 2.62 bits per heavy atom. The van der Waals surface area contributed by atoms with Crippen LogP contribution in [0.3, 0.4) is 0 Å². The highest BCUT2D eigenvalue weighted by Crippen LogP contribution is 2.46. The monoisotopic (exact) mass is 496 g/mol. The number of thiophene rings is 1. The second-order valence-electron chi connectivity index (χ2n) is 8.30. The number of carbonyl (C=O) groups is 1. The van der Waals surface area contributed by atoms with Crippen molar-refractivity contribution in [2.24, 2.45) is 5.41 Å². The first-order valence-electron chi connectivity index (χ1n) is 10.7. The van der Waals surface area contributed by atoms with Crippen molar-refractivity contribution in [3.8, 4) is 10.4 Å². The summed E-state index contributed by atoms with van der Waals surface area (Å²) in [6.07, 6.45) is 0. The summed E-state index contributed by atoms with van der Waals surface area (Å²) < 4.78 is 14.2. The molecular weight excluding hydrogens is 471 g/mol. The summed E-state index contributed by atoms with van der Waals surface area (Å²) in [6, 6.07) is 18.7. The van der Waals surface area contributed by atoms with Gasteiger partial charge in [-0.05, 0) is 41.0 Å². The van der Waals surface area contributed by atoms with Crippen LogP contribution < -0.4 is 10.8 Å². The highest BCUT2D eigenvalue weighted by Gasteiger charge is 2.40. The Morgan fingerprint density at radius 2 is 1.94 bits per heavy atom. The number of benzene rings is 2. The van der Waals surface area contributed by atoms with Crippen molar-refractivity contribution in [1.82, 2.24) is 15.7 Å². The van der Waals surface area contributed by atoms with E-state index in [1.807, 2.05) is 44.2 Å². The van der Waals surface area contributed by atoms with E-state index in [9.17, 15) is 9.18 Å². The molecule has 0 radical (unpaired) electrons. The van der Waals surface area contributed by atoms with Gasteiger partial charge in [-0.1, -0.05) is 61.6 Å². The summed E-state index contributed by atoms with van der Waals surface area (Å²) in [6.45, 7) is 4.22. The zero-order valence-corrected chi connectivity index (χ0v) is 20.7. The molecule has 2 N–H and O–H groups in total. The minimum atomic E-state index is -0.893. The van der Waals surface area contributed by atoms with Crippen molar-refractivity contribution in [3.05, 3.63) is 88.0 Å². The molecule has 4 rings (SSSR count). The molecule has 0 aliphatic heterocycles. The van der Waals surface area contributed by atoms with Gasteiger partial charge >= 0.3 is 0 Å². The first-order chi connectivity index (χ1) is 16.4. The van der Waals surface area contributed by atoms with Crippen molar-refractivity contribution < 1.29 is 14.0 Å². The molecule has 0 spiro atoms. The molecule has 0 bridgehead atoms. The van der Waals surface area contributed by atoms with Crippen LogP contribution in [0.5, 0.6) is 0 Å². The third-order valence-corrected chi connectivity index (χ3v) is 7.41. The zero-order chi connectivity index (χ0) is 24.1. The van der Waals surface area contributed by atoms with Gasteiger partial charge in [0.05, 0.1) is 12.0 Å². The van der Waals surface area contributed by atoms with Crippen LogP contribution in [-0.4, -0.2) is 23.2 Å². The quantitative estimate of drug-likeness (QED) is 0.284. The average molecular weight is 497 g/mol. The van der Waals surface area contributed by atoms with E-state index < -0.39 is 5.41 Å². The molecule has 0 saturated heterocycles. The molecule has 1 amide bonds. The van der Waals surface area contributed by atoms with Crippen LogP contribution >= 0.6 is 22.7 Å². The number of nitrogens with one attached hydrogen (secondary N) is 2. The number of halogens is 1. The molecule has 1 atom stereocenters. The van der Waals surface area contributed by atoms with Crippen molar-refractivity contribution in [1.29, 1.82) is 0 Å². The fourth-order valence-electron chi connectivity index (χ4n) is 3.82. The number of aromatic nitrogens is 2. The van der Waals surface area contributed by atoms with Crippen LogP contribution in [0, 0.1) is 11.2 Å². The lowest BCUT2D eigenvalue weighted by Gasteiger charge is -2.32. The highest BCUT2D eigenvalue weighted by molar-refractivity contribution is 7.15. The minimum Gasteiger partial charge on any atom is -0.300 e. The molecule has 4 aromatic rings. The van der Waals surface area contributed by atoms with Crippen molar-refractivity contribution in [3.63, 3.8) is 0 Å². The number of amides is 1. The molecule has 34 heavy (non-hydrogen) atoms. The van der Waals surface area contributed by atoms with Crippen LogP contribution in [0.15, 0.2) is 66.2 Å². The molecule has 2 aromatic carbocycles. The molecular formula is C25H25FN4O2S2. The maximum absolute atomic E-state index is 14.2. The predicted octanol–water partition coefficient (Wildman–Crippen LogP) is 5.85. The Bertz CT molecular complexity index is 1240. The lowest BCUT2D eigenvalue weighted by molar-refractivity contribution is -0.124. The van der Waals surface area contributed by atoms with Gasteiger partial charge in [0.25, 0.3) is 0 Å². The lowest BCUT2D eigenvalue weighted by Crippen LogP contribution is -2.36. The van der Waals surface area contributed by atoms with Crippen LogP contribution in [0.4, 0.5) is 9.52 Å². The summed E-state index contributed by atoms with van der Waals surface area (Å²) in [4.78, 5) is 20.6. The number of rotatable bonds is 9.